The minimum atomic E-state index is -4.74. The standard InChI is InChI=1S/C9H9F4N3/c1-15-8(16-14)5-3-2-4-6(7(5)10)9(11,12)13/h2-4H,14H2,1H3,(H,15,16). The van der Waals surface area contributed by atoms with Gasteiger partial charge in [0.15, 0.2) is 0 Å². The van der Waals surface area contributed by atoms with Gasteiger partial charge < -0.3 is 5.43 Å². The number of nitrogens with two attached hydrogens (primary N) is 1. The number of benzene rings is 1. The lowest BCUT2D eigenvalue weighted by atomic mass is 10.1. The van der Waals surface area contributed by atoms with Crippen molar-refractivity contribution in [3.05, 3.63) is 35.1 Å². The normalized spacial score (nSPS) is 12.8. The van der Waals surface area contributed by atoms with Gasteiger partial charge in [0.05, 0.1) is 11.1 Å². The Morgan fingerprint density at radius 3 is 2.44 bits per heavy atom. The molecular weight excluding hydrogens is 226 g/mol. The van der Waals surface area contributed by atoms with E-state index in [9.17, 15) is 17.6 Å². The molecule has 0 heterocycles. The Balaban J connectivity index is 3.35. The first kappa shape index (κ1) is 12.4. The van der Waals surface area contributed by atoms with Crippen LogP contribution in [0.25, 0.3) is 0 Å². The van der Waals surface area contributed by atoms with Crippen molar-refractivity contribution in [2.24, 2.45) is 10.8 Å². The molecular formula is C9H9F4N3. The summed E-state index contributed by atoms with van der Waals surface area (Å²) in [6.07, 6.45) is -4.74. The van der Waals surface area contributed by atoms with Crippen LogP contribution in [0, 0.1) is 5.82 Å². The van der Waals surface area contributed by atoms with E-state index in [2.05, 4.69) is 4.99 Å². The number of alkyl halides is 3. The van der Waals surface area contributed by atoms with Crippen LogP contribution < -0.4 is 11.3 Å². The Hall–Kier alpha value is -1.63. The van der Waals surface area contributed by atoms with Crippen molar-refractivity contribution in [1.29, 1.82) is 0 Å². The minimum Gasteiger partial charge on any atom is -0.308 e. The molecule has 0 radical (unpaired) electrons. The number of rotatable bonds is 1. The molecule has 0 saturated carbocycles. The molecule has 1 aromatic carbocycles. The summed E-state index contributed by atoms with van der Waals surface area (Å²) in [5, 5.41) is 0. The maximum absolute atomic E-state index is 13.5. The summed E-state index contributed by atoms with van der Waals surface area (Å²) >= 11 is 0. The van der Waals surface area contributed by atoms with Crippen LogP contribution in [0.2, 0.25) is 0 Å². The van der Waals surface area contributed by atoms with Crippen LogP contribution in [-0.2, 0) is 6.18 Å². The van der Waals surface area contributed by atoms with Crippen molar-refractivity contribution in [3.8, 4) is 0 Å². The lowest BCUT2D eigenvalue weighted by molar-refractivity contribution is -0.140. The second kappa shape index (κ2) is 4.48. The van der Waals surface area contributed by atoms with E-state index >= 15 is 0 Å². The highest BCUT2D eigenvalue weighted by Crippen LogP contribution is 2.32. The number of amidine groups is 1. The van der Waals surface area contributed by atoms with E-state index in [0.29, 0.717) is 6.07 Å². The van der Waals surface area contributed by atoms with Gasteiger partial charge in [-0.2, -0.15) is 13.2 Å². The van der Waals surface area contributed by atoms with Gasteiger partial charge in [-0.1, -0.05) is 6.07 Å². The maximum Gasteiger partial charge on any atom is 0.419 e. The molecule has 1 rings (SSSR count). The largest absolute Gasteiger partial charge is 0.419 e. The molecule has 0 atom stereocenters. The van der Waals surface area contributed by atoms with Crippen molar-refractivity contribution >= 4 is 5.84 Å². The third-order valence-corrected chi connectivity index (χ3v) is 1.92. The van der Waals surface area contributed by atoms with E-state index in [1.165, 1.54) is 7.05 Å². The fourth-order valence-electron chi connectivity index (χ4n) is 1.20. The summed E-state index contributed by atoms with van der Waals surface area (Å²) < 4.78 is 50.6. The van der Waals surface area contributed by atoms with Gasteiger partial charge in [0, 0.05) is 7.05 Å². The number of hydrogen-bond acceptors (Lipinski definition) is 2. The highest BCUT2D eigenvalue weighted by Gasteiger charge is 2.35. The van der Waals surface area contributed by atoms with E-state index < -0.39 is 17.6 Å². The van der Waals surface area contributed by atoms with Crippen LogP contribution >= 0.6 is 0 Å². The molecule has 0 aliphatic carbocycles. The van der Waals surface area contributed by atoms with E-state index in [4.69, 9.17) is 5.84 Å². The van der Waals surface area contributed by atoms with Gasteiger partial charge in [-0.25, -0.2) is 10.2 Å². The van der Waals surface area contributed by atoms with Gasteiger partial charge in [0.2, 0.25) is 0 Å². The summed E-state index contributed by atoms with van der Waals surface area (Å²) in [7, 11) is 1.29. The molecule has 0 aliphatic heterocycles. The quantitative estimate of drug-likeness (QED) is 0.256. The number of nitrogens with one attached hydrogen (secondary N) is 1. The lowest BCUT2D eigenvalue weighted by Gasteiger charge is -2.11. The summed E-state index contributed by atoms with van der Waals surface area (Å²) in [6, 6.07) is 2.90. The fraction of sp³-hybridized carbons (Fsp3) is 0.222. The number of halogens is 4. The second-order valence-electron chi connectivity index (χ2n) is 2.88. The zero-order valence-electron chi connectivity index (χ0n) is 8.27. The Bertz CT molecular complexity index is 412. The van der Waals surface area contributed by atoms with Crippen LogP contribution in [0.5, 0.6) is 0 Å². The molecule has 0 amide bonds. The van der Waals surface area contributed by atoms with Crippen molar-refractivity contribution < 1.29 is 17.6 Å². The molecule has 0 fully saturated rings. The number of nitrogens with zero attached hydrogens (tertiary/aromatic N) is 1. The summed E-state index contributed by atoms with van der Waals surface area (Å²) in [6.45, 7) is 0. The number of hydrogen-bond donors (Lipinski definition) is 2. The van der Waals surface area contributed by atoms with Gasteiger partial charge in [-0.3, -0.25) is 4.99 Å². The van der Waals surface area contributed by atoms with Crippen LogP contribution in [0.1, 0.15) is 11.1 Å². The zero-order chi connectivity index (χ0) is 12.3. The lowest BCUT2D eigenvalue weighted by Crippen LogP contribution is -2.32. The third-order valence-electron chi connectivity index (χ3n) is 1.92. The SMILES string of the molecule is CN=C(NN)c1cccc(C(F)(F)F)c1F. The third kappa shape index (κ3) is 2.30. The predicted molar refractivity (Wildman–Crippen MR) is 51.2 cm³/mol. The average Bonchev–Trinajstić information content (AvgIpc) is 2.20. The molecule has 88 valence electrons. The second-order valence-corrected chi connectivity index (χ2v) is 2.88. The van der Waals surface area contributed by atoms with Crippen molar-refractivity contribution in [1.82, 2.24) is 5.43 Å². The minimum absolute atomic E-state index is 0.149. The monoisotopic (exact) mass is 235 g/mol. The van der Waals surface area contributed by atoms with Crippen molar-refractivity contribution in [2.45, 2.75) is 6.18 Å². The molecule has 1 aromatic rings. The van der Waals surface area contributed by atoms with Gasteiger partial charge >= 0.3 is 6.18 Å². The van der Waals surface area contributed by atoms with Crippen LogP contribution in [0.15, 0.2) is 23.2 Å². The molecule has 16 heavy (non-hydrogen) atoms. The Labute approximate surface area is 88.9 Å². The zero-order valence-corrected chi connectivity index (χ0v) is 8.27. The topological polar surface area (TPSA) is 50.4 Å². The molecule has 0 aromatic heterocycles. The Morgan fingerprint density at radius 1 is 1.38 bits per heavy atom. The Kier molecular flexibility index (Phi) is 3.48. The van der Waals surface area contributed by atoms with E-state index in [-0.39, 0.29) is 11.4 Å². The van der Waals surface area contributed by atoms with Crippen LogP contribution in [0.3, 0.4) is 0 Å². The molecule has 7 heteroatoms. The fourth-order valence-corrected chi connectivity index (χ4v) is 1.20. The van der Waals surface area contributed by atoms with Crippen molar-refractivity contribution in [2.75, 3.05) is 7.05 Å². The first-order chi connectivity index (χ1) is 7.41. The number of aliphatic imine (C=N–C) groups is 1. The molecule has 0 bridgehead atoms. The van der Waals surface area contributed by atoms with Crippen LogP contribution in [0.4, 0.5) is 17.6 Å². The number of hydrazine groups is 1. The molecule has 3 N–H and O–H groups in total. The smallest absolute Gasteiger partial charge is 0.308 e. The van der Waals surface area contributed by atoms with E-state index in [1.807, 2.05) is 5.43 Å². The maximum atomic E-state index is 13.5. The first-order valence-electron chi connectivity index (χ1n) is 4.21. The molecule has 0 spiro atoms. The first-order valence-corrected chi connectivity index (χ1v) is 4.21. The van der Waals surface area contributed by atoms with Gasteiger partial charge in [-0.05, 0) is 12.1 Å². The van der Waals surface area contributed by atoms with Crippen molar-refractivity contribution in [3.63, 3.8) is 0 Å². The van der Waals surface area contributed by atoms with Gasteiger partial charge in [-0.15, -0.1) is 0 Å². The summed E-state index contributed by atoms with van der Waals surface area (Å²) in [5.74, 6) is 3.47. The van der Waals surface area contributed by atoms with E-state index in [1.54, 1.807) is 0 Å². The Morgan fingerprint density at radius 2 is 2.00 bits per heavy atom. The molecule has 0 unspecified atom stereocenters. The van der Waals surface area contributed by atoms with Gasteiger partial charge in [0.1, 0.15) is 11.7 Å². The van der Waals surface area contributed by atoms with Gasteiger partial charge in [0.25, 0.3) is 0 Å². The van der Waals surface area contributed by atoms with E-state index in [0.717, 1.165) is 12.1 Å². The molecule has 3 nitrogen and oxygen atoms in total. The highest BCUT2D eigenvalue weighted by atomic mass is 19.4. The summed E-state index contributed by atoms with van der Waals surface area (Å²) in [5.41, 5.74) is 0.365. The molecule has 0 aliphatic rings. The highest BCUT2D eigenvalue weighted by molar-refractivity contribution is 5.98. The molecule has 0 saturated heterocycles. The average molecular weight is 235 g/mol. The summed E-state index contributed by atoms with van der Waals surface area (Å²) in [4.78, 5) is 3.53. The predicted octanol–water partition coefficient (Wildman–Crippen LogP) is 1.68. The van der Waals surface area contributed by atoms with Crippen LogP contribution in [-0.4, -0.2) is 12.9 Å².